The minimum atomic E-state index is -1.31. The zero-order chi connectivity index (χ0) is 10.6. The van der Waals surface area contributed by atoms with Crippen molar-refractivity contribution in [3.63, 3.8) is 0 Å². The van der Waals surface area contributed by atoms with Crippen LogP contribution < -0.4 is 11.1 Å². The van der Waals surface area contributed by atoms with E-state index in [-0.39, 0.29) is 0 Å². The molecule has 0 rings (SSSR count). The van der Waals surface area contributed by atoms with Gasteiger partial charge in [-0.1, -0.05) is 0 Å². The minimum absolute atomic E-state index is 0.390. The van der Waals surface area contributed by atoms with Gasteiger partial charge in [-0.25, -0.2) is 20.2 Å². The Labute approximate surface area is 81.7 Å². The summed E-state index contributed by atoms with van der Waals surface area (Å²) >= 11 is 8.54. The fourth-order valence-corrected chi connectivity index (χ4v) is 0.768. The first-order chi connectivity index (χ1) is 5.86. The molecule has 11 heteroatoms. The smallest absolute Gasteiger partial charge is 0.316 e. The Morgan fingerprint density at radius 1 is 1.31 bits per heavy atom. The van der Waals surface area contributed by atoms with Crippen molar-refractivity contribution in [1.82, 2.24) is 10.4 Å². The molecular weight excluding hydrogens is 222 g/mol. The van der Waals surface area contributed by atoms with Crippen molar-refractivity contribution in [3.8, 4) is 0 Å². The summed E-state index contributed by atoms with van der Waals surface area (Å²) in [7, 11) is 0. The summed E-state index contributed by atoms with van der Waals surface area (Å²) in [6.45, 7) is 0. The summed E-state index contributed by atoms with van der Waals surface area (Å²) < 4.78 is 0. The summed E-state index contributed by atoms with van der Waals surface area (Å²) in [4.78, 5) is 20.1. The van der Waals surface area contributed by atoms with Gasteiger partial charge in [-0.3, -0.25) is 5.32 Å². The third-order valence-electron chi connectivity index (χ3n) is 0.721. The molecule has 0 aromatic rings. The Balaban J connectivity index is 4.57. The lowest BCUT2D eigenvalue weighted by atomic mass is 11.0. The molecule has 72 valence electrons. The van der Waals surface area contributed by atoms with Gasteiger partial charge in [0.15, 0.2) is 5.11 Å². The number of hydrazine groups is 2. The summed E-state index contributed by atoms with van der Waals surface area (Å²) in [5.41, 5.74) is 4.89. The van der Waals surface area contributed by atoms with Crippen LogP contribution in [0.25, 0.3) is 0 Å². The SMILES string of the molecule is NC(=S)NC(=S)N([N+](=O)[O-])[N+](=O)[O-]. The number of nitrogens with one attached hydrogen (secondary N) is 1. The maximum atomic E-state index is 10.0. The van der Waals surface area contributed by atoms with Crippen LogP contribution in [0.5, 0.6) is 0 Å². The van der Waals surface area contributed by atoms with Gasteiger partial charge in [0.2, 0.25) is 15.2 Å². The van der Waals surface area contributed by atoms with Crippen molar-refractivity contribution < 1.29 is 10.1 Å². The molecule has 0 aromatic heterocycles. The molecule has 13 heavy (non-hydrogen) atoms. The zero-order valence-corrected chi connectivity index (χ0v) is 7.50. The third-order valence-corrected chi connectivity index (χ3v) is 1.09. The molecule has 0 unspecified atom stereocenters. The average molecular weight is 225 g/mol. The largest absolute Gasteiger partial charge is 0.376 e. The molecule has 0 saturated heterocycles. The van der Waals surface area contributed by atoms with E-state index in [9.17, 15) is 20.2 Å². The first kappa shape index (κ1) is 11.4. The predicted molar refractivity (Wildman–Crippen MR) is 48.3 cm³/mol. The number of nitrogens with zero attached hydrogens (tertiary/aromatic N) is 3. The van der Waals surface area contributed by atoms with Crippen molar-refractivity contribution >= 4 is 34.7 Å². The predicted octanol–water partition coefficient (Wildman–Crippen LogP) is -1.21. The molecule has 0 aromatic carbocycles. The van der Waals surface area contributed by atoms with Crippen molar-refractivity contribution in [2.75, 3.05) is 0 Å². The van der Waals surface area contributed by atoms with Gasteiger partial charge in [-0.15, -0.1) is 0 Å². The van der Waals surface area contributed by atoms with Crippen LogP contribution in [0.3, 0.4) is 0 Å². The highest BCUT2D eigenvalue weighted by Crippen LogP contribution is 1.90. The molecule has 0 heterocycles. The van der Waals surface area contributed by atoms with Crippen LogP contribution >= 0.6 is 24.4 Å². The Kier molecular flexibility index (Phi) is 3.87. The molecule has 0 amide bonds. The molecule has 0 aliphatic heterocycles. The van der Waals surface area contributed by atoms with Crippen LogP contribution in [0, 0.1) is 20.2 Å². The summed E-state index contributed by atoms with van der Waals surface area (Å²) in [6.07, 6.45) is 0. The van der Waals surface area contributed by atoms with E-state index in [0.717, 1.165) is 0 Å². The van der Waals surface area contributed by atoms with Gasteiger partial charge >= 0.3 is 5.11 Å². The lowest BCUT2D eigenvalue weighted by Crippen LogP contribution is -2.49. The second-order valence-corrected chi connectivity index (χ2v) is 2.39. The van der Waals surface area contributed by atoms with E-state index in [1.807, 2.05) is 5.32 Å². The molecule has 0 radical (unpaired) electrons. The molecular formula is C2H3N5O4S2. The molecule has 9 nitrogen and oxygen atoms in total. The summed E-state index contributed by atoms with van der Waals surface area (Å²) in [5.74, 6) is 0. The second kappa shape index (κ2) is 4.42. The highest BCUT2D eigenvalue weighted by Gasteiger charge is 2.33. The van der Waals surface area contributed by atoms with Gasteiger partial charge < -0.3 is 5.73 Å². The number of rotatable bonds is 2. The molecule has 0 aliphatic carbocycles. The van der Waals surface area contributed by atoms with Gasteiger partial charge in [-0.2, -0.15) is 0 Å². The number of hydrogen-bond acceptors (Lipinski definition) is 6. The quantitative estimate of drug-likeness (QED) is 0.338. The van der Waals surface area contributed by atoms with E-state index in [1.165, 1.54) is 0 Å². The van der Waals surface area contributed by atoms with Crippen LogP contribution in [0.1, 0.15) is 0 Å². The number of nitro groups is 2. The van der Waals surface area contributed by atoms with Gasteiger partial charge in [0.05, 0.1) is 0 Å². The van der Waals surface area contributed by atoms with E-state index in [1.54, 1.807) is 0 Å². The maximum Gasteiger partial charge on any atom is 0.316 e. The lowest BCUT2D eigenvalue weighted by Gasteiger charge is -2.04. The average Bonchev–Trinajstić information content (AvgIpc) is 1.81. The Morgan fingerprint density at radius 3 is 1.92 bits per heavy atom. The van der Waals surface area contributed by atoms with E-state index < -0.39 is 25.4 Å². The van der Waals surface area contributed by atoms with E-state index in [2.05, 4.69) is 24.4 Å². The normalized spacial score (nSPS) is 8.62. The molecule has 0 aliphatic rings. The van der Waals surface area contributed by atoms with Crippen molar-refractivity contribution in [2.45, 2.75) is 0 Å². The van der Waals surface area contributed by atoms with Gasteiger partial charge in [0.1, 0.15) is 0 Å². The minimum Gasteiger partial charge on any atom is -0.376 e. The number of hydrogen-bond donors (Lipinski definition) is 2. The van der Waals surface area contributed by atoms with Crippen LogP contribution in [0.2, 0.25) is 0 Å². The van der Waals surface area contributed by atoms with Crippen molar-refractivity contribution in [3.05, 3.63) is 20.2 Å². The van der Waals surface area contributed by atoms with Crippen LogP contribution in [0.4, 0.5) is 0 Å². The Hall–Kier alpha value is -1.62. The lowest BCUT2D eigenvalue weighted by molar-refractivity contribution is -0.880. The Bertz CT molecular complexity index is 264. The molecule has 0 fully saturated rings. The first-order valence-corrected chi connectivity index (χ1v) is 3.37. The van der Waals surface area contributed by atoms with Crippen molar-refractivity contribution in [2.24, 2.45) is 5.73 Å². The third kappa shape index (κ3) is 3.53. The van der Waals surface area contributed by atoms with E-state index >= 15 is 0 Å². The summed E-state index contributed by atoms with van der Waals surface area (Å²) in [6, 6.07) is 0. The van der Waals surface area contributed by atoms with Gasteiger partial charge in [0.25, 0.3) is 0 Å². The van der Waals surface area contributed by atoms with Gasteiger partial charge in [0, 0.05) is 0 Å². The topological polar surface area (TPSA) is 128 Å². The van der Waals surface area contributed by atoms with Gasteiger partial charge in [-0.05, 0) is 24.4 Å². The van der Waals surface area contributed by atoms with Crippen molar-refractivity contribution in [1.29, 1.82) is 0 Å². The Morgan fingerprint density at radius 2 is 1.69 bits per heavy atom. The van der Waals surface area contributed by atoms with Crippen LogP contribution in [0.15, 0.2) is 0 Å². The van der Waals surface area contributed by atoms with Crippen LogP contribution in [-0.4, -0.2) is 25.4 Å². The number of nitrogens with two attached hydrogens (primary N) is 1. The molecule has 3 N–H and O–H groups in total. The molecule has 0 spiro atoms. The number of thiocarbonyl (C=S) groups is 2. The zero-order valence-electron chi connectivity index (χ0n) is 5.87. The fourth-order valence-electron chi connectivity index (χ4n) is 0.363. The molecule has 0 saturated carbocycles. The van der Waals surface area contributed by atoms with E-state index in [4.69, 9.17) is 5.73 Å². The van der Waals surface area contributed by atoms with E-state index in [0.29, 0.717) is 0 Å². The monoisotopic (exact) mass is 225 g/mol. The van der Waals surface area contributed by atoms with Crippen LogP contribution in [-0.2, 0) is 0 Å². The molecule has 0 atom stereocenters. The second-order valence-electron chi connectivity index (χ2n) is 1.56. The standard InChI is InChI=1S/C2H3N5O4S2/c3-1(12)4-2(13)5(6(8)9)7(10)11/h(H3,3,4,12,13). The molecule has 0 bridgehead atoms. The fraction of sp³-hybridized carbons (Fsp3) is 0. The summed E-state index contributed by atoms with van der Waals surface area (Å²) in [5, 5.41) is 17.7. The maximum absolute atomic E-state index is 10.0. The first-order valence-electron chi connectivity index (χ1n) is 2.55. The highest BCUT2D eigenvalue weighted by molar-refractivity contribution is 7.81. The highest BCUT2D eigenvalue weighted by atomic mass is 32.1.